The van der Waals surface area contributed by atoms with Gasteiger partial charge in [0.15, 0.2) is 0 Å². The third-order valence-electron chi connectivity index (χ3n) is 3.27. The summed E-state index contributed by atoms with van der Waals surface area (Å²) in [4.78, 5) is 23.5. The first kappa shape index (κ1) is 16.2. The van der Waals surface area contributed by atoms with Gasteiger partial charge in [-0.15, -0.1) is 0 Å². The van der Waals surface area contributed by atoms with E-state index < -0.39 is 0 Å². The van der Waals surface area contributed by atoms with Crippen LogP contribution in [0.3, 0.4) is 0 Å². The van der Waals surface area contributed by atoms with Crippen LogP contribution in [0.4, 0.5) is 5.69 Å². The Morgan fingerprint density at radius 1 is 1.35 bits per heavy atom. The van der Waals surface area contributed by atoms with Crippen LogP contribution in [-0.2, 0) is 4.79 Å². The summed E-state index contributed by atoms with van der Waals surface area (Å²) in [5.74, 6) is 0.110. The van der Waals surface area contributed by atoms with Crippen molar-refractivity contribution in [2.45, 2.75) is 26.7 Å². The molecule has 1 atom stereocenters. The monoisotopic (exact) mass is 277 g/mol. The Balaban J connectivity index is 2.71. The maximum absolute atomic E-state index is 11.9. The second-order valence-electron chi connectivity index (χ2n) is 5.04. The number of hydrogen-bond acceptors (Lipinski definition) is 3. The van der Waals surface area contributed by atoms with E-state index in [2.05, 4.69) is 10.6 Å². The highest BCUT2D eigenvalue weighted by Gasteiger charge is 2.10. The second kappa shape index (κ2) is 7.65. The fourth-order valence-corrected chi connectivity index (χ4v) is 1.75. The van der Waals surface area contributed by atoms with Crippen molar-refractivity contribution in [1.29, 1.82) is 0 Å². The highest BCUT2D eigenvalue weighted by molar-refractivity contribution is 5.97. The Labute approximate surface area is 119 Å². The summed E-state index contributed by atoms with van der Waals surface area (Å²) in [6.45, 7) is 4.49. The maximum atomic E-state index is 11.9. The average Bonchev–Trinajstić information content (AvgIpc) is 2.46. The highest BCUT2D eigenvalue weighted by Crippen LogP contribution is 2.17. The molecule has 0 bridgehead atoms. The number of nitrogens with two attached hydrogens (primary N) is 1. The van der Waals surface area contributed by atoms with Crippen LogP contribution in [0.15, 0.2) is 18.2 Å². The Bertz CT molecular complexity index is 486. The lowest BCUT2D eigenvalue weighted by Gasteiger charge is -2.11. The molecule has 110 valence electrons. The fourth-order valence-electron chi connectivity index (χ4n) is 1.75. The van der Waals surface area contributed by atoms with Crippen molar-refractivity contribution < 1.29 is 9.59 Å². The van der Waals surface area contributed by atoms with Gasteiger partial charge in [-0.1, -0.05) is 13.0 Å². The number of carbonyl (C=O) groups excluding carboxylic acids is 2. The van der Waals surface area contributed by atoms with Crippen molar-refractivity contribution in [3.05, 3.63) is 29.3 Å². The smallest absolute Gasteiger partial charge is 0.251 e. The molecule has 0 aliphatic rings. The molecular formula is C15H23N3O2. The van der Waals surface area contributed by atoms with Crippen LogP contribution in [0.5, 0.6) is 0 Å². The van der Waals surface area contributed by atoms with Gasteiger partial charge in [0.25, 0.3) is 5.91 Å². The van der Waals surface area contributed by atoms with Crippen LogP contribution in [0.1, 0.15) is 35.7 Å². The Kier molecular flexibility index (Phi) is 6.18. The number of carbonyl (C=O) groups is 2. The van der Waals surface area contributed by atoms with Gasteiger partial charge in [-0.3, -0.25) is 9.59 Å². The van der Waals surface area contributed by atoms with Crippen LogP contribution >= 0.6 is 0 Å². The molecule has 0 aromatic heterocycles. The summed E-state index contributed by atoms with van der Waals surface area (Å²) < 4.78 is 0. The second-order valence-corrected chi connectivity index (χ2v) is 5.04. The van der Waals surface area contributed by atoms with Crippen molar-refractivity contribution in [2.24, 2.45) is 11.7 Å². The number of rotatable bonds is 6. The molecule has 0 spiro atoms. The quantitative estimate of drug-likeness (QED) is 0.739. The van der Waals surface area contributed by atoms with Crippen LogP contribution in [0, 0.1) is 12.8 Å². The SMILES string of the molecule is CNC(=O)c1ccc(C)c(NC(=O)CCC(C)CN)c1. The molecular weight excluding hydrogens is 254 g/mol. The lowest BCUT2D eigenvalue weighted by molar-refractivity contribution is -0.116. The minimum absolute atomic E-state index is 0.0533. The topological polar surface area (TPSA) is 84.2 Å². The van der Waals surface area contributed by atoms with Crippen LogP contribution in [-0.4, -0.2) is 25.4 Å². The van der Waals surface area contributed by atoms with Gasteiger partial charge in [-0.2, -0.15) is 0 Å². The van der Waals surface area contributed by atoms with Gasteiger partial charge in [-0.05, 0) is 43.5 Å². The van der Waals surface area contributed by atoms with Crippen molar-refractivity contribution >= 4 is 17.5 Å². The fraction of sp³-hybridized carbons (Fsp3) is 0.467. The number of amides is 2. The third kappa shape index (κ3) is 4.66. The summed E-state index contributed by atoms with van der Waals surface area (Å²) in [6, 6.07) is 5.25. The Morgan fingerprint density at radius 3 is 2.65 bits per heavy atom. The zero-order chi connectivity index (χ0) is 15.1. The molecule has 20 heavy (non-hydrogen) atoms. The minimum atomic E-state index is -0.169. The van der Waals surface area contributed by atoms with E-state index in [1.165, 1.54) is 0 Å². The molecule has 5 nitrogen and oxygen atoms in total. The molecule has 4 N–H and O–H groups in total. The summed E-state index contributed by atoms with van der Waals surface area (Å²) in [6.07, 6.45) is 1.19. The molecule has 2 amide bonds. The van der Waals surface area contributed by atoms with Gasteiger partial charge >= 0.3 is 0 Å². The highest BCUT2D eigenvalue weighted by atomic mass is 16.2. The molecule has 0 aliphatic carbocycles. The Hall–Kier alpha value is -1.88. The molecule has 0 saturated carbocycles. The molecule has 5 heteroatoms. The van der Waals surface area contributed by atoms with Gasteiger partial charge < -0.3 is 16.4 Å². The predicted molar refractivity (Wildman–Crippen MR) is 80.7 cm³/mol. The van der Waals surface area contributed by atoms with E-state index in [1.54, 1.807) is 19.2 Å². The molecule has 0 saturated heterocycles. The first-order chi connectivity index (χ1) is 9.47. The standard InChI is InChI=1S/C15H23N3O2/c1-10(9-16)4-7-14(19)18-13-8-12(15(20)17-3)6-5-11(13)2/h5-6,8,10H,4,7,9,16H2,1-3H3,(H,17,20)(H,18,19). The molecule has 1 aromatic rings. The maximum Gasteiger partial charge on any atom is 0.251 e. The summed E-state index contributed by atoms with van der Waals surface area (Å²) in [7, 11) is 1.58. The first-order valence-corrected chi connectivity index (χ1v) is 6.80. The van der Waals surface area contributed by atoms with Gasteiger partial charge in [-0.25, -0.2) is 0 Å². The largest absolute Gasteiger partial charge is 0.355 e. The lowest BCUT2D eigenvalue weighted by atomic mass is 10.1. The number of nitrogens with one attached hydrogen (secondary N) is 2. The van der Waals surface area contributed by atoms with Gasteiger partial charge in [0, 0.05) is 24.7 Å². The lowest BCUT2D eigenvalue weighted by Crippen LogP contribution is -2.19. The van der Waals surface area contributed by atoms with Crippen LogP contribution < -0.4 is 16.4 Å². The van der Waals surface area contributed by atoms with E-state index in [4.69, 9.17) is 5.73 Å². The van der Waals surface area contributed by atoms with Crippen LogP contribution in [0.2, 0.25) is 0 Å². The van der Waals surface area contributed by atoms with E-state index in [0.29, 0.717) is 30.1 Å². The molecule has 0 fully saturated rings. The van der Waals surface area contributed by atoms with E-state index in [9.17, 15) is 9.59 Å². The number of hydrogen-bond donors (Lipinski definition) is 3. The zero-order valence-corrected chi connectivity index (χ0v) is 12.3. The van der Waals surface area contributed by atoms with Gasteiger partial charge in [0.1, 0.15) is 0 Å². The molecule has 0 heterocycles. The molecule has 1 aromatic carbocycles. The normalized spacial score (nSPS) is 11.8. The van der Waals surface area contributed by atoms with Crippen LogP contribution in [0.25, 0.3) is 0 Å². The summed E-state index contributed by atoms with van der Waals surface area (Å²) >= 11 is 0. The van der Waals surface area contributed by atoms with Gasteiger partial charge in [0.2, 0.25) is 5.91 Å². The molecule has 1 unspecified atom stereocenters. The predicted octanol–water partition coefficient (Wildman–Crippen LogP) is 1.67. The molecule has 0 aliphatic heterocycles. The Morgan fingerprint density at radius 2 is 2.05 bits per heavy atom. The third-order valence-corrected chi connectivity index (χ3v) is 3.27. The van der Waals surface area contributed by atoms with Crippen molar-refractivity contribution in [1.82, 2.24) is 5.32 Å². The van der Waals surface area contributed by atoms with E-state index in [1.807, 2.05) is 19.9 Å². The van der Waals surface area contributed by atoms with Crippen molar-refractivity contribution in [3.8, 4) is 0 Å². The van der Waals surface area contributed by atoms with Crippen molar-refractivity contribution in [2.75, 3.05) is 18.9 Å². The summed E-state index contributed by atoms with van der Waals surface area (Å²) in [5.41, 5.74) is 7.66. The first-order valence-electron chi connectivity index (χ1n) is 6.80. The molecule has 0 radical (unpaired) electrons. The minimum Gasteiger partial charge on any atom is -0.355 e. The zero-order valence-electron chi connectivity index (χ0n) is 12.3. The van der Waals surface area contributed by atoms with Crippen molar-refractivity contribution in [3.63, 3.8) is 0 Å². The number of benzene rings is 1. The van der Waals surface area contributed by atoms with E-state index in [0.717, 1.165) is 12.0 Å². The van der Waals surface area contributed by atoms with E-state index in [-0.39, 0.29) is 11.8 Å². The number of anilines is 1. The number of aryl methyl sites for hydroxylation is 1. The van der Waals surface area contributed by atoms with E-state index >= 15 is 0 Å². The summed E-state index contributed by atoms with van der Waals surface area (Å²) in [5, 5.41) is 5.41. The average molecular weight is 277 g/mol. The van der Waals surface area contributed by atoms with Gasteiger partial charge in [0.05, 0.1) is 0 Å². The molecule has 1 rings (SSSR count).